The van der Waals surface area contributed by atoms with Gasteiger partial charge in [0.2, 0.25) is 0 Å². The summed E-state index contributed by atoms with van der Waals surface area (Å²) < 4.78 is 11.8. The van der Waals surface area contributed by atoms with Crippen molar-refractivity contribution >= 4 is 0 Å². The first kappa shape index (κ1) is 12.6. The molecule has 2 rings (SSSR count). The zero-order chi connectivity index (χ0) is 12.3. The molecule has 3 heteroatoms. The van der Waals surface area contributed by atoms with Gasteiger partial charge in [0.05, 0.1) is 6.10 Å². The summed E-state index contributed by atoms with van der Waals surface area (Å²) in [5.74, 6) is -0.541. The maximum Gasteiger partial charge on any atom is 0.164 e. The van der Waals surface area contributed by atoms with E-state index in [9.17, 15) is 0 Å². The molecule has 1 fully saturated rings. The molecule has 1 saturated heterocycles. The Morgan fingerprint density at radius 3 is 2.53 bits per heavy atom. The molecule has 3 nitrogen and oxygen atoms in total. The smallest absolute Gasteiger partial charge is 0.164 e. The summed E-state index contributed by atoms with van der Waals surface area (Å²) in [6.45, 7) is 4.06. The van der Waals surface area contributed by atoms with E-state index in [2.05, 4.69) is 12.1 Å². The third-order valence-electron chi connectivity index (χ3n) is 2.96. The highest BCUT2D eigenvalue weighted by Crippen LogP contribution is 2.39. The van der Waals surface area contributed by atoms with Crippen LogP contribution < -0.4 is 0 Å². The van der Waals surface area contributed by atoms with Gasteiger partial charge in [0.1, 0.15) is 6.10 Å². The first-order valence-corrected chi connectivity index (χ1v) is 6.14. The zero-order valence-corrected chi connectivity index (χ0v) is 10.4. The topological polar surface area (TPSA) is 38.7 Å². The Kier molecular flexibility index (Phi) is 3.82. The van der Waals surface area contributed by atoms with Gasteiger partial charge in [-0.05, 0) is 32.3 Å². The van der Waals surface area contributed by atoms with Crippen molar-refractivity contribution in [1.29, 1.82) is 0 Å². The van der Waals surface area contributed by atoms with Crippen LogP contribution in [-0.2, 0) is 9.47 Å². The predicted octanol–water partition coefficient (Wildman–Crippen LogP) is 2.65. The van der Waals surface area contributed by atoms with Crippen LogP contribution in [0.25, 0.3) is 0 Å². The third-order valence-corrected chi connectivity index (χ3v) is 2.96. The summed E-state index contributed by atoms with van der Waals surface area (Å²) in [6, 6.07) is 10.1. The van der Waals surface area contributed by atoms with E-state index in [1.54, 1.807) is 0 Å². The van der Waals surface area contributed by atoms with Gasteiger partial charge in [-0.15, -0.1) is 0 Å². The Hall–Kier alpha value is -0.900. The highest BCUT2D eigenvalue weighted by atomic mass is 16.7. The van der Waals surface area contributed by atoms with E-state index in [0.29, 0.717) is 0 Å². The molecule has 1 aliphatic heterocycles. The van der Waals surface area contributed by atoms with Gasteiger partial charge in [0, 0.05) is 6.61 Å². The minimum absolute atomic E-state index is 0.0274. The van der Waals surface area contributed by atoms with Gasteiger partial charge >= 0.3 is 0 Å². The molecule has 2 atom stereocenters. The van der Waals surface area contributed by atoms with Crippen LogP contribution in [-0.4, -0.2) is 23.6 Å². The van der Waals surface area contributed by atoms with Gasteiger partial charge in [0.15, 0.2) is 5.79 Å². The number of hydrogen-bond donors (Lipinski definition) is 1. The van der Waals surface area contributed by atoms with Gasteiger partial charge < -0.3 is 14.6 Å². The molecule has 1 aromatic rings. The van der Waals surface area contributed by atoms with Gasteiger partial charge in [-0.2, -0.15) is 0 Å². The first-order valence-electron chi connectivity index (χ1n) is 6.14. The van der Waals surface area contributed by atoms with Crippen LogP contribution in [0.4, 0.5) is 0 Å². The number of ether oxygens (including phenoxy) is 2. The van der Waals surface area contributed by atoms with Crippen molar-refractivity contribution in [2.75, 3.05) is 6.61 Å². The molecular weight excluding hydrogens is 216 g/mol. The minimum atomic E-state index is -0.541. The number of benzene rings is 1. The normalized spacial score (nSPS) is 27.2. The van der Waals surface area contributed by atoms with Gasteiger partial charge in [-0.25, -0.2) is 0 Å². The summed E-state index contributed by atoms with van der Waals surface area (Å²) in [5, 5.41) is 8.92. The largest absolute Gasteiger partial charge is 0.396 e. The van der Waals surface area contributed by atoms with E-state index in [0.717, 1.165) is 18.4 Å². The van der Waals surface area contributed by atoms with E-state index in [4.69, 9.17) is 14.6 Å². The molecule has 0 aromatic heterocycles. The van der Waals surface area contributed by atoms with Crippen LogP contribution in [0.1, 0.15) is 38.4 Å². The second-order valence-corrected chi connectivity index (χ2v) is 4.87. The van der Waals surface area contributed by atoms with Gasteiger partial charge in [0.25, 0.3) is 0 Å². The Bertz CT molecular complexity index is 348. The SMILES string of the molecule is CC1(C)O[C@H](c2ccccc2)[C@@H](CCCO)O1. The van der Waals surface area contributed by atoms with E-state index in [1.165, 1.54) is 0 Å². The fourth-order valence-electron chi connectivity index (χ4n) is 2.26. The molecule has 1 N–H and O–H groups in total. The van der Waals surface area contributed by atoms with E-state index < -0.39 is 5.79 Å². The van der Waals surface area contributed by atoms with Crippen molar-refractivity contribution in [3.63, 3.8) is 0 Å². The van der Waals surface area contributed by atoms with Crippen LogP contribution in [0.3, 0.4) is 0 Å². The Morgan fingerprint density at radius 2 is 1.88 bits per heavy atom. The molecule has 0 bridgehead atoms. The molecule has 1 aliphatic rings. The molecule has 17 heavy (non-hydrogen) atoms. The summed E-state index contributed by atoms with van der Waals surface area (Å²) in [4.78, 5) is 0. The van der Waals surface area contributed by atoms with E-state index >= 15 is 0 Å². The number of rotatable bonds is 4. The molecule has 0 aliphatic carbocycles. The van der Waals surface area contributed by atoms with Crippen molar-refractivity contribution < 1.29 is 14.6 Å². The molecule has 0 amide bonds. The van der Waals surface area contributed by atoms with Crippen LogP contribution in [0.5, 0.6) is 0 Å². The monoisotopic (exact) mass is 236 g/mol. The minimum Gasteiger partial charge on any atom is -0.396 e. The second kappa shape index (κ2) is 5.17. The summed E-state index contributed by atoms with van der Waals surface area (Å²) >= 11 is 0. The molecule has 1 aromatic carbocycles. The highest BCUT2D eigenvalue weighted by Gasteiger charge is 2.41. The van der Waals surface area contributed by atoms with Crippen LogP contribution in [0.15, 0.2) is 30.3 Å². The fourth-order valence-corrected chi connectivity index (χ4v) is 2.26. The van der Waals surface area contributed by atoms with Crippen molar-refractivity contribution in [3.8, 4) is 0 Å². The zero-order valence-electron chi connectivity index (χ0n) is 10.4. The molecule has 0 unspecified atom stereocenters. The maximum absolute atomic E-state index is 8.92. The average Bonchev–Trinajstić information content (AvgIpc) is 2.63. The van der Waals surface area contributed by atoms with E-state index in [-0.39, 0.29) is 18.8 Å². The van der Waals surface area contributed by atoms with Gasteiger partial charge in [-0.3, -0.25) is 0 Å². The molecule has 0 spiro atoms. The Morgan fingerprint density at radius 1 is 1.18 bits per heavy atom. The predicted molar refractivity (Wildman–Crippen MR) is 65.5 cm³/mol. The summed E-state index contributed by atoms with van der Waals surface area (Å²) in [6.07, 6.45) is 1.56. The van der Waals surface area contributed by atoms with Crippen molar-refractivity contribution in [1.82, 2.24) is 0 Å². The summed E-state index contributed by atoms with van der Waals surface area (Å²) in [7, 11) is 0. The average molecular weight is 236 g/mol. The van der Waals surface area contributed by atoms with Gasteiger partial charge in [-0.1, -0.05) is 30.3 Å². The Labute approximate surface area is 102 Å². The van der Waals surface area contributed by atoms with Crippen molar-refractivity contribution in [3.05, 3.63) is 35.9 Å². The molecule has 94 valence electrons. The molecule has 0 radical (unpaired) electrons. The fraction of sp³-hybridized carbons (Fsp3) is 0.571. The van der Waals surface area contributed by atoms with Crippen LogP contribution in [0.2, 0.25) is 0 Å². The standard InChI is InChI=1S/C14H20O3/c1-14(2)16-12(9-6-10-15)13(17-14)11-7-4-3-5-8-11/h3-5,7-8,12-13,15H,6,9-10H2,1-2H3/t12-,13-/m1/s1. The van der Waals surface area contributed by atoms with Crippen LogP contribution in [0, 0.1) is 0 Å². The first-order chi connectivity index (χ1) is 8.12. The Balaban J connectivity index is 2.13. The molecule has 0 saturated carbocycles. The molecular formula is C14H20O3. The number of aliphatic hydroxyl groups is 1. The number of hydrogen-bond acceptors (Lipinski definition) is 3. The van der Waals surface area contributed by atoms with Crippen molar-refractivity contribution in [2.24, 2.45) is 0 Å². The number of aliphatic hydroxyl groups excluding tert-OH is 1. The lowest BCUT2D eigenvalue weighted by Crippen LogP contribution is -2.21. The third kappa shape index (κ3) is 3.06. The quantitative estimate of drug-likeness (QED) is 0.873. The lowest BCUT2D eigenvalue weighted by Gasteiger charge is -2.16. The maximum atomic E-state index is 8.92. The second-order valence-electron chi connectivity index (χ2n) is 4.87. The molecule has 1 heterocycles. The summed E-state index contributed by atoms with van der Waals surface area (Å²) in [5.41, 5.74) is 1.14. The lowest BCUT2D eigenvalue weighted by atomic mass is 10.0. The van der Waals surface area contributed by atoms with Crippen LogP contribution >= 0.6 is 0 Å². The lowest BCUT2D eigenvalue weighted by molar-refractivity contribution is -0.147. The highest BCUT2D eigenvalue weighted by molar-refractivity contribution is 5.19. The van der Waals surface area contributed by atoms with E-state index in [1.807, 2.05) is 32.0 Å². The van der Waals surface area contributed by atoms with Crippen molar-refractivity contribution in [2.45, 2.75) is 44.7 Å².